The van der Waals surface area contributed by atoms with Crippen LogP contribution in [0.15, 0.2) is 29.1 Å². The standard InChI is InChI=1S/C16H18N4O5/c1-4-25-16(24)14-15(23)20(17-11(3)21)18-19(14)9-13(22)12-7-5-10(2)6-8-12/h5-8H,4,9H2,1-3H3,(H-,17,18,21,23,24)/p+1. The molecule has 0 atom stereocenters. The molecular weight excluding hydrogens is 328 g/mol. The lowest BCUT2D eigenvalue weighted by Gasteiger charge is -2.01. The number of nitrogens with zero attached hydrogens (tertiary/aromatic N) is 2. The number of aromatic amines is 1. The van der Waals surface area contributed by atoms with Gasteiger partial charge in [0.05, 0.1) is 6.61 Å². The summed E-state index contributed by atoms with van der Waals surface area (Å²) in [6, 6.07) is 6.89. The summed E-state index contributed by atoms with van der Waals surface area (Å²) in [5, 5.41) is 2.50. The zero-order valence-corrected chi connectivity index (χ0v) is 14.2. The minimum Gasteiger partial charge on any atom is -0.459 e. The number of hydrogen-bond donors (Lipinski definition) is 2. The number of amides is 1. The highest BCUT2D eigenvalue weighted by Gasteiger charge is 2.31. The van der Waals surface area contributed by atoms with Crippen molar-refractivity contribution in [1.29, 1.82) is 0 Å². The molecule has 0 fully saturated rings. The smallest absolute Gasteiger partial charge is 0.432 e. The molecule has 1 aromatic carbocycles. The fourth-order valence-electron chi connectivity index (χ4n) is 2.16. The van der Waals surface area contributed by atoms with Crippen molar-refractivity contribution >= 4 is 17.7 Å². The number of hydrogen-bond acceptors (Lipinski definition) is 5. The maximum Gasteiger partial charge on any atom is 0.432 e. The Bertz CT molecular complexity index is 864. The summed E-state index contributed by atoms with van der Waals surface area (Å²) in [6.07, 6.45) is 0. The summed E-state index contributed by atoms with van der Waals surface area (Å²) in [5.41, 5.74) is 2.46. The van der Waals surface area contributed by atoms with Crippen LogP contribution < -0.4 is 15.7 Å². The zero-order chi connectivity index (χ0) is 18.6. The van der Waals surface area contributed by atoms with E-state index in [0.29, 0.717) is 5.56 Å². The second kappa shape index (κ2) is 7.56. The number of carbonyl (C=O) groups excluding carboxylic acids is 3. The number of ketones is 1. The van der Waals surface area contributed by atoms with Crippen LogP contribution in [0, 0.1) is 6.92 Å². The second-order valence-electron chi connectivity index (χ2n) is 5.35. The molecule has 0 saturated heterocycles. The molecule has 0 aliphatic rings. The molecule has 25 heavy (non-hydrogen) atoms. The van der Waals surface area contributed by atoms with E-state index in [2.05, 4.69) is 10.6 Å². The van der Waals surface area contributed by atoms with Crippen molar-refractivity contribution < 1.29 is 23.8 Å². The van der Waals surface area contributed by atoms with Crippen LogP contribution in [0.2, 0.25) is 0 Å². The van der Waals surface area contributed by atoms with Gasteiger partial charge in [-0.3, -0.25) is 9.59 Å². The van der Waals surface area contributed by atoms with Crippen LogP contribution in [0.1, 0.15) is 40.3 Å². The lowest BCUT2D eigenvalue weighted by molar-refractivity contribution is -0.744. The fraction of sp³-hybridized carbons (Fsp3) is 0.312. The summed E-state index contributed by atoms with van der Waals surface area (Å²) in [6.45, 7) is 4.47. The van der Waals surface area contributed by atoms with Gasteiger partial charge in [0.2, 0.25) is 5.78 Å². The molecule has 0 aliphatic carbocycles. The van der Waals surface area contributed by atoms with E-state index in [0.717, 1.165) is 15.0 Å². The summed E-state index contributed by atoms with van der Waals surface area (Å²) < 4.78 is 5.91. The molecule has 0 saturated carbocycles. The molecule has 2 aromatic rings. The van der Waals surface area contributed by atoms with E-state index in [-0.39, 0.29) is 24.6 Å². The van der Waals surface area contributed by atoms with Crippen LogP contribution in [-0.2, 0) is 16.1 Å². The van der Waals surface area contributed by atoms with Crippen molar-refractivity contribution in [3.8, 4) is 0 Å². The van der Waals surface area contributed by atoms with Crippen molar-refractivity contribution in [3.05, 3.63) is 51.4 Å². The largest absolute Gasteiger partial charge is 0.459 e. The van der Waals surface area contributed by atoms with Gasteiger partial charge in [-0.05, 0) is 18.6 Å². The Morgan fingerprint density at radius 3 is 2.44 bits per heavy atom. The van der Waals surface area contributed by atoms with Gasteiger partial charge in [0.1, 0.15) is 0 Å². The normalized spacial score (nSPS) is 10.4. The number of carbonyl (C=O) groups is 3. The van der Waals surface area contributed by atoms with E-state index < -0.39 is 17.4 Å². The molecule has 0 aliphatic heterocycles. The van der Waals surface area contributed by atoms with Gasteiger partial charge in [-0.2, -0.15) is 5.43 Å². The molecule has 132 valence electrons. The van der Waals surface area contributed by atoms with Crippen LogP contribution in [0.5, 0.6) is 0 Å². The number of nitrogens with one attached hydrogen (secondary N) is 2. The van der Waals surface area contributed by atoms with Crippen LogP contribution in [0.4, 0.5) is 0 Å². The van der Waals surface area contributed by atoms with Gasteiger partial charge in [-0.25, -0.2) is 9.59 Å². The van der Waals surface area contributed by atoms with Gasteiger partial charge in [-0.15, -0.1) is 4.68 Å². The Kier molecular flexibility index (Phi) is 5.48. The first-order valence-electron chi connectivity index (χ1n) is 7.63. The molecule has 1 heterocycles. The molecule has 1 aromatic heterocycles. The number of rotatable bonds is 6. The highest BCUT2D eigenvalue weighted by Crippen LogP contribution is 2.04. The van der Waals surface area contributed by atoms with E-state index in [1.807, 2.05) is 6.92 Å². The topological polar surface area (TPSA) is 114 Å². The maximum atomic E-state index is 12.4. The van der Waals surface area contributed by atoms with Gasteiger partial charge in [0, 0.05) is 12.5 Å². The van der Waals surface area contributed by atoms with Crippen molar-refractivity contribution in [2.75, 3.05) is 12.0 Å². The Hall–Kier alpha value is -3.23. The summed E-state index contributed by atoms with van der Waals surface area (Å²) in [4.78, 5) is 48.7. The molecule has 0 bridgehead atoms. The summed E-state index contributed by atoms with van der Waals surface area (Å²) >= 11 is 0. The van der Waals surface area contributed by atoms with Crippen LogP contribution >= 0.6 is 0 Å². The van der Waals surface area contributed by atoms with Crippen molar-refractivity contribution in [2.24, 2.45) is 0 Å². The number of H-pyrrole nitrogens is 1. The third-order valence-electron chi connectivity index (χ3n) is 3.31. The fourth-order valence-corrected chi connectivity index (χ4v) is 2.16. The minimum atomic E-state index is -0.885. The predicted molar refractivity (Wildman–Crippen MR) is 86.8 cm³/mol. The number of esters is 1. The first-order valence-corrected chi connectivity index (χ1v) is 7.63. The van der Waals surface area contributed by atoms with E-state index >= 15 is 0 Å². The molecule has 0 spiro atoms. The molecule has 0 unspecified atom stereocenters. The Morgan fingerprint density at radius 2 is 1.88 bits per heavy atom. The van der Waals surface area contributed by atoms with E-state index in [4.69, 9.17) is 4.74 Å². The zero-order valence-electron chi connectivity index (χ0n) is 14.2. The molecule has 2 rings (SSSR count). The minimum absolute atomic E-state index is 0.0650. The molecule has 9 heteroatoms. The molecule has 1 amide bonds. The second-order valence-corrected chi connectivity index (χ2v) is 5.35. The van der Waals surface area contributed by atoms with Gasteiger partial charge >= 0.3 is 17.2 Å². The lowest BCUT2D eigenvalue weighted by Crippen LogP contribution is -2.46. The van der Waals surface area contributed by atoms with Crippen molar-refractivity contribution in [3.63, 3.8) is 0 Å². The maximum absolute atomic E-state index is 12.4. The van der Waals surface area contributed by atoms with Crippen LogP contribution in [0.3, 0.4) is 0 Å². The van der Waals surface area contributed by atoms with E-state index in [1.165, 1.54) is 6.92 Å². The number of aryl methyl sites for hydroxylation is 1. The van der Waals surface area contributed by atoms with Crippen LogP contribution in [-0.4, -0.2) is 34.3 Å². The highest BCUT2D eigenvalue weighted by molar-refractivity contribution is 5.95. The number of benzene rings is 1. The molecule has 2 N–H and O–H groups in total. The quantitative estimate of drug-likeness (QED) is 0.431. The van der Waals surface area contributed by atoms with Crippen LogP contribution in [0.25, 0.3) is 0 Å². The van der Waals surface area contributed by atoms with Crippen molar-refractivity contribution in [2.45, 2.75) is 27.3 Å². The lowest BCUT2D eigenvalue weighted by atomic mass is 10.1. The number of ether oxygens (including phenoxy) is 1. The number of Topliss-reactive ketones (excluding diaryl/α,β-unsaturated/α-hetero) is 1. The van der Waals surface area contributed by atoms with Gasteiger partial charge in [0.25, 0.3) is 5.91 Å². The Balaban J connectivity index is 2.39. The van der Waals surface area contributed by atoms with E-state index in [9.17, 15) is 19.2 Å². The van der Waals surface area contributed by atoms with Gasteiger partial charge < -0.3 is 4.74 Å². The third-order valence-corrected chi connectivity index (χ3v) is 3.31. The average Bonchev–Trinajstić information content (AvgIpc) is 2.83. The molecular formula is C16H19N4O5+. The monoisotopic (exact) mass is 347 g/mol. The van der Waals surface area contributed by atoms with Gasteiger partial charge in [-0.1, -0.05) is 35.0 Å². The summed E-state index contributed by atoms with van der Waals surface area (Å²) in [5.74, 6) is -1.72. The Labute approximate surface area is 143 Å². The van der Waals surface area contributed by atoms with Crippen molar-refractivity contribution in [1.82, 2.24) is 10.0 Å². The summed E-state index contributed by atoms with van der Waals surface area (Å²) in [7, 11) is 0. The first kappa shape index (κ1) is 18.1. The predicted octanol–water partition coefficient (Wildman–Crippen LogP) is -0.0781. The Morgan fingerprint density at radius 1 is 1.24 bits per heavy atom. The first-order chi connectivity index (χ1) is 11.8. The molecule has 0 radical (unpaired) electrons. The van der Waals surface area contributed by atoms with Gasteiger partial charge in [0.15, 0.2) is 6.54 Å². The third kappa shape index (κ3) is 4.19. The average molecular weight is 347 g/mol. The molecule has 9 nitrogen and oxygen atoms in total. The van der Waals surface area contributed by atoms with E-state index in [1.54, 1.807) is 31.2 Å². The SMILES string of the molecule is CCOC(=O)c1c(=O)n(NC(C)=O)[nH][n+]1CC(=O)c1ccc(C)cc1. The highest BCUT2D eigenvalue weighted by atomic mass is 16.5. The number of aromatic nitrogens is 3.